The Morgan fingerprint density at radius 1 is 1.35 bits per heavy atom. The summed E-state index contributed by atoms with van der Waals surface area (Å²) in [7, 11) is 0. The van der Waals surface area contributed by atoms with E-state index < -0.39 is 6.10 Å². The summed E-state index contributed by atoms with van der Waals surface area (Å²) in [5.74, 6) is 0.601. The molecule has 1 aromatic heterocycles. The van der Waals surface area contributed by atoms with E-state index in [-0.39, 0.29) is 11.4 Å². The molecule has 0 saturated heterocycles. The molecule has 0 bridgehead atoms. The number of hydrogen-bond donors (Lipinski definition) is 1. The summed E-state index contributed by atoms with van der Waals surface area (Å²) >= 11 is 1.65. The van der Waals surface area contributed by atoms with Crippen LogP contribution >= 0.6 is 11.8 Å². The number of carbonyl (C=O) groups excluding carboxylic acids is 1. The Balaban J connectivity index is 2.20. The molecule has 0 radical (unpaired) electrons. The van der Waals surface area contributed by atoms with E-state index in [0.717, 1.165) is 15.8 Å². The van der Waals surface area contributed by atoms with E-state index in [1.54, 1.807) is 11.8 Å². The van der Waals surface area contributed by atoms with Crippen LogP contribution in [0.25, 0.3) is 10.9 Å². The second-order valence-electron chi connectivity index (χ2n) is 6.48. The lowest BCUT2D eigenvalue weighted by Gasteiger charge is -2.25. The number of hydrogen-bond acceptors (Lipinski definition) is 4. The van der Waals surface area contributed by atoms with Crippen molar-refractivity contribution in [3.63, 3.8) is 0 Å². The number of aromatic nitrogens is 1. The number of pyridine rings is 1. The maximum atomic E-state index is 12.3. The summed E-state index contributed by atoms with van der Waals surface area (Å²) in [5, 5.41) is 3.98. The Hall–Kier alpha value is -1.75. The van der Waals surface area contributed by atoms with Gasteiger partial charge in [-0.25, -0.2) is 0 Å². The molecule has 1 heterocycles. The number of nitrogens with one attached hydrogen (secondary N) is 1. The first kappa shape index (κ1) is 17.6. The standard InChI is InChI=1S/C18H24N2O2S/c1-6-16(17(21)20-18(2,3)4)22-13-7-8-15-12(9-13)10-14(23-5)11-19-15/h7-11,16H,6H2,1-5H3,(H,20,21). The molecule has 1 atom stereocenters. The Bertz CT molecular complexity index is 695. The fourth-order valence-corrected chi connectivity index (χ4v) is 2.61. The lowest BCUT2D eigenvalue weighted by Crippen LogP contribution is -2.47. The minimum atomic E-state index is -0.497. The third-order valence-corrected chi connectivity index (χ3v) is 4.00. The van der Waals surface area contributed by atoms with Crippen molar-refractivity contribution >= 4 is 28.6 Å². The van der Waals surface area contributed by atoms with E-state index in [1.165, 1.54) is 0 Å². The minimum absolute atomic E-state index is 0.0870. The van der Waals surface area contributed by atoms with Gasteiger partial charge in [-0.3, -0.25) is 9.78 Å². The molecule has 5 heteroatoms. The average molecular weight is 332 g/mol. The van der Waals surface area contributed by atoms with E-state index in [1.807, 2.05) is 58.3 Å². The van der Waals surface area contributed by atoms with Gasteiger partial charge in [-0.15, -0.1) is 11.8 Å². The molecule has 0 aliphatic carbocycles. The van der Waals surface area contributed by atoms with Gasteiger partial charge in [0.15, 0.2) is 6.10 Å². The highest BCUT2D eigenvalue weighted by Crippen LogP contribution is 2.24. The van der Waals surface area contributed by atoms with Gasteiger partial charge < -0.3 is 10.1 Å². The Morgan fingerprint density at radius 3 is 2.70 bits per heavy atom. The molecule has 0 aliphatic heterocycles. The van der Waals surface area contributed by atoms with E-state index in [0.29, 0.717) is 12.2 Å². The van der Waals surface area contributed by atoms with Gasteiger partial charge in [-0.05, 0) is 57.7 Å². The van der Waals surface area contributed by atoms with Gasteiger partial charge in [-0.2, -0.15) is 0 Å². The largest absolute Gasteiger partial charge is 0.481 e. The van der Waals surface area contributed by atoms with Crippen LogP contribution in [0, 0.1) is 0 Å². The molecule has 124 valence electrons. The number of benzene rings is 1. The average Bonchev–Trinajstić information content (AvgIpc) is 2.49. The van der Waals surface area contributed by atoms with Gasteiger partial charge >= 0.3 is 0 Å². The molecule has 1 aromatic carbocycles. The zero-order valence-corrected chi connectivity index (χ0v) is 15.2. The summed E-state index contributed by atoms with van der Waals surface area (Å²) in [6.07, 6.45) is 4.00. The highest BCUT2D eigenvalue weighted by Gasteiger charge is 2.23. The zero-order chi connectivity index (χ0) is 17.0. The quantitative estimate of drug-likeness (QED) is 0.840. The predicted molar refractivity (Wildman–Crippen MR) is 96.1 cm³/mol. The molecular weight excluding hydrogens is 308 g/mol. The lowest BCUT2D eigenvalue weighted by molar-refractivity contribution is -0.129. The van der Waals surface area contributed by atoms with Gasteiger partial charge in [0, 0.05) is 22.0 Å². The molecule has 2 rings (SSSR count). The van der Waals surface area contributed by atoms with E-state index >= 15 is 0 Å². The van der Waals surface area contributed by atoms with Crippen molar-refractivity contribution in [1.82, 2.24) is 10.3 Å². The topological polar surface area (TPSA) is 51.2 Å². The second kappa shape index (κ2) is 7.21. The number of nitrogens with zero attached hydrogens (tertiary/aromatic N) is 1. The maximum Gasteiger partial charge on any atom is 0.261 e. The molecule has 0 saturated carbocycles. The smallest absolute Gasteiger partial charge is 0.261 e. The fourth-order valence-electron chi connectivity index (χ4n) is 2.21. The van der Waals surface area contributed by atoms with Crippen LogP contribution in [-0.2, 0) is 4.79 Å². The SMILES string of the molecule is CCC(Oc1ccc2ncc(SC)cc2c1)C(=O)NC(C)(C)C. The lowest BCUT2D eigenvalue weighted by atomic mass is 10.1. The van der Waals surface area contributed by atoms with Crippen molar-refractivity contribution in [2.75, 3.05) is 6.26 Å². The Morgan fingerprint density at radius 2 is 2.09 bits per heavy atom. The van der Waals surface area contributed by atoms with E-state index in [9.17, 15) is 4.79 Å². The second-order valence-corrected chi connectivity index (χ2v) is 7.36. The fraction of sp³-hybridized carbons (Fsp3) is 0.444. The van der Waals surface area contributed by atoms with Crippen LogP contribution < -0.4 is 10.1 Å². The van der Waals surface area contributed by atoms with E-state index in [2.05, 4.69) is 16.4 Å². The van der Waals surface area contributed by atoms with Crippen LogP contribution in [0.3, 0.4) is 0 Å². The van der Waals surface area contributed by atoms with Crippen molar-refractivity contribution in [1.29, 1.82) is 0 Å². The summed E-state index contributed by atoms with van der Waals surface area (Å²) in [6, 6.07) is 7.80. The third kappa shape index (κ3) is 4.86. The highest BCUT2D eigenvalue weighted by molar-refractivity contribution is 7.98. The molecule has 0 spiro atoms. The number of amides is 1. The van der Waals surface area contributed by atoms with Gasteiger partial charge in [0.2, 0.25) is 0 Å². The molecule has 4 nitrogen and oxygen atoms in total. The van der Waals surface area contributed by atoms with Crippen LogP contribution in [0.2, 0.25) is 0 Å². The van der Waals surface area contributed by atoms with Gasteiger partial charge in [0.05, 0.1) is 5.52 Å². The maximum absolute atomic E-state index is 12.3. The summed E-state index contributed by atoms with van der Waals surface area (Å²) in [5.41, 5.74) is 0.649. The number of rotatable bonds is 5. The Kier molecular flexibility index (Phi) is 5.52. The number of fused-ring (bicyclic) bond motifs is 1. The number of thioether (sulfide) groups is 1. The number of ether oxygens (including phenoxy) is 1. The normalized spacial score (nSPS) is 12.9. The first-order valence-corrected chi connectivity index (χ1v) is 8.97. The molecule has 1 unspecified atom stereocenters. The minimum Gasteiger partial charge on any atom is -0.481 e. The summed E-state index contributed by atoms with van der Waals surface area (Å²) in [6.45, 7) is 7.83. The van der Waals surface area contributed by atoms with Crippen molar-refractivity contribution in [2.45, 2.75) is 50.7 Å². The number of carbonyl (C=O) groups is 1. The van der Waals surface area contributed by atoms with Crippen LogP contribution in [-0.4, -0.2) is 28.8 Å². The first-order valence-electron chi connectivity index (χ1n) is 7.75. The molecule has 1 N–H and O–H groups in total. The zero-order valence-electron chi connectivity index (χ0n) is 14.3. The Labute approximate surface area is 142 Å². The monoisotopic (exact) mass is 332 g/mol. The summed E-state index contributed by atoms with van der Waals surface area (Å²) in [4.78, 5) is 17.8. The molecular formula is C18H24N2O2S. The highest BCUT2D eigenvalue weighted by atomic mass is 32.2. The molecule has 1 amide bonds. The van der Waals surface area contributed by atoms with Gasteiger partial charge in [0.1, 0.15) is 5.75 Å². The van der Waals surface area contributed by atoms with Crippen molar-refractivity contribution in [3.05, 3.63) is 30.5 Å². The van der Waals surface area contributed by atoms with Crippen molar-refractivity contribution < 1.29 is 9.53 Å². The molecule has 23 heavy (non-hydrogen) atoms. The molecule has 2 aromatic rings. The van der Waals surface area contributed by atoms with Crippen LogP contribution in [0.15, 0.2) is 35.4 Å². The van der Waals surface area contributed by atoms with Crippen LogP contribution in [0.5, 0.6) is 5.75 Å². The van der Waals surface area contributed by atoms with Crippen molar-refractivity contribution in [2.24, 2.45) is 0 Å². The first-order chi connectivity index (χ1) is 10.8. The van der Waals surface area contributed by atoms with Gasteiger partial charge in [-0.1, -0.05) is 6.92 Å². The van der Waals surface area contributed by atoms with Crippen molar-refractivity contribution in [3.8, 4) is 5.75 Å². The van der Waals surface area contributed by atoms with E-state index in [4.69, 9.17) is 4.74 Å². The van der Waals surface area contributed by atoms with Crippen LogP contribution in [0.4, 0.5) is 0 Å². The summed E-state index contributed by atoms with van der Waals surface area (Å²) < 4.78 is 5.91. The van der Waals surface area contributed by atoms with Crippen LogP contribution in [0.1, 0.15) is 34.1 Å². The third-order valence-electron chi connectivity index (χ3n) is 3.30. The van der Waals surface area contributed by atoms with Gasteiger partial charge in [0.25, 0.3) is 5.91 Å². The molecule has 0 aliphatic rings. The predicted octanol–water partition coefficient (Wildman–Crippen LogP) is 4.03. The molecule has 0 fully saturated rings.